The Balaban J connectivity index is 2.36. The van der Waals surface area contributed by atoms with Gasteiger partial charge in [-0.25, -0.2) is 18.0 Å². The Bertz CT molecular complexity index is 908. The molecule has 1 atom stereocenters. The molecule has 1 saturated heterocycles. The van der Waals surface area contributed by atoms with Crippen molar-refractivity contribution in [2.24, 2.45) is 0 Å². The number of hydrogen-bond acceptors (Lipinski definition) is 4. The van der Waals surface area contributed by atoms with Gasteiger partial charge in [-0.05, 0) is 25.5 Å². The second-order valence-corrected chi connectivity index (χ2v) is 7.80. The third kappa shape index (κ3) is 2.06. The molecule has 21 heavy (non-hydrogen) atoms. The Morgan fingerprint density at radius 1 is 1.43 bits per heavy atom. The highest BCUT2D eigenvalue weighted by Crippen LogP contribution is 2.32. The van der Waals surface area contributed by atoms with Crippen molar-refractivity contribution >= 4 is 26.8 Å². The van der Waals surface area contributed by atoms with Crippen molar-refractivity contribution in [3.05, 3.63) is 34.2 Å². The molecule has 0 spiro atoms. The number of aromatic nitrogens is 2. The SMILES string of the molecule is CC1(n2c(=O)[nH]c3cccc(C(=O)O)c32)CCS(=O)(=O)C1. The zero-order valence-electron chi connectivity index (χ0n) is 11.3. The zero-order chi connectivity index (χ0) is 15.4. The zero-order valence-corrected chi connectivity index (χ0v) is 12.1. The molecule has 0 radical (unpaired) electrons. The molecule has 2 aromatic rings. The van der Waals surface area contributed by atoms with E-state index in [1.807, 2.05) is 0 Å². The summed E-state index contributed by atoms with van der Waals surface area (Å²) in [4.78, 5) is 26.2. The molecule has 8 heteroatoms. The van der Waals surface area contributed by atoms with E-state index in [4.69, 9.17) is 0 Å². The van der Waals surface area contributed by atoms with Gasteiger partial charge in [-0.1, -0.05) is 6.07 Å². The van der Waals surface area contributed by atoms with Crippen LogP contribution in [-0.2, 0) is 15.4 Å². The number of aromatic carboxylic acids is 1. The number of para-hydroxylation sites is 1. The summed E-state index contributed by atoms with van der Waals surface area (Å²) in [7, 11) is -3.22. The van der Waals surface area contributed by atoms with Gasteiger partial charge in [-0.3, -0.25) is 4.57 Å². The number of aromatic amines is 1. The van der Waals surface area contributed by atoms with Gasteiger partial charge in [0.25, 0.3) is 0 Å². The highest BCUT2D eigenvalue weighted by molar-refractivity contribution is 7.91. The van der Waals surface area contributed by atoms with Gasteiger partial charge in [0.15, 0.2) is 9.84 Å². The minimum Gasteiger partial charge on any atom is -0.478 e. The summed E-state index contributed by atoms with van der Waals surface area (Å²) in [6, 6.07) is 4.55. The van der Waals surface area contributed by atoms with E-state index in [0.717, 1.165) is 0 Å². The first-order chi connectivity index (χ1) is 9.73. The maximum Gasteiger partial charge on any atom is 0.337 e. The van der Waals surface area contributed by atoms with Crippen LogP contribution in [0.5, 0.6) is 0 Å². The molecule has 112 valence electrons. The normalized spacial score (nSPS) is 24.4. The molecule has 0 aliphatic carbocycles. The molecular weight excluding hydrogens is 296 g/mol. The van der Waals surface area contributed by atoms with E-state index in [9.17, 15) is 23.1 Å². The fourth-order valence-electron chi connectivity index (χ4n) is 3.02. The van der Waals surface area contributed by atoms with Crippen LogP contribution in [0, 0.1) is 0 Å². The lowest BCUT2D eigenvalue weighted by molar-refractivity contribution is 0.0698. The molecule has 1 unspecified atom stereocenters. The number of imidazole rings is 1. The van der Waals surface area contributed by atoms with E-state index in [2.05, 4.69) is 4.98 Å². The van der Waals surface area contributed by atoms with Crippen LogP contribution in [0.4, 0.5) is 0 Å². The molecule has 2 heterocycles. The second kappa shape index (κ2) is 4.20. The molecule has 3 rings (SSSR count). The first kappa shape index (κ1) is 13.9. The standard InChI is InChI=1S/C13H14N2O5S/c1-13(5-6-21(19,20)7-13)15-10-8(11(16)17)3-2-4-9(10)14-12(15)18/h2-4H,5-7H2,1H3,(H,14,18)(H,16,17). The maximum absolute atomic E-state index is 12.2. The van der Waals surface area contributed by atoms with E-state index in [1.165, 1.54) is 10.6 Å². The Hall–Kier alpha value is -2.09. The number of carbonyl (C=O) groups is 1. The number of fused-ring (bicyclic) bond motifs is 1. The molecule has 0 saturated carbocycles. The molecular formula is C13H14N2O5S. The second-order valence-electron chi connectivity index (χ2n) is 5.61. The quantitative estimate of drug-likeness (QED) is 0.842. The smallest absolute Gasteiger partial charge is 0.337 e. The molecule has 1 aromatic heterocycles. The molecule has 0 bridgehead atoms. The first-order valence-corrected chi connectivity index (χ1v) is 8.24. The van der Waals surface area contributed by atoms with E-state index in [0.29, 0.717) is 5.52 Å². The largest absolute Gasteiger partial charge is 0.478 e. The number of nitrogens with one attached hydrogen (secondary N) is 1. The predicted molar refractivity (Wildman–Crippen MR) is 76.4 cm³/mol. The van der Waals surface area contributed by atoms with Crippen molar-refractivity contribution in [2.45, 2.75) is 18.9 Å². The Kier molecular flexibility index (Phi) is 2.78. The van der Waals surface area contributed by atoms with E-state index in [1.54, 1.807) is 19.1 Å². The third-order valence-corrected chi connectivity index (χ3v) is 5.84. The average molecular weight is 310 g/mol. The van der Waals surface area contributed by atoms with Gasteiger partial charge < -0.3 is 10.1 Å². The average Bonchev–Trinajstić information content (AvgIpc) is 2.85. The molecule has 0 amide bonds. The van der Waals surface area contributed by atoms with Crippen molar-refractivity contribution < 1.29 is 18.3 Å². The monoisotopic (exact) mass is 310 g/mol. The van der Waals surface area contributed by atoms with Crippen LogP contribution in [0.15, 0.2) is 23.0 Å². The Morgan fingerprint density at radius 2 is 2.14 bits per heavy atom. The molecule has 1 aliphatic heterocycles. The summed E-state index contributed by atoms with van der Waals surface area (Å²) >= 11 is 0. The van der Waals surface area contributed by atoms with Crippen LogP contribution in [0.1, 0.15) is 23.7 Å². The lowest BCUT2D eigenvalue weighted by atomic mass is 10.0. The summed E-state index contributed by atoms with van der Waals surface area (Å²) in [5, 5.41) is 9.30. The highest BCUT2D eigenvalue weighted by Gasteiger charge is 2.42. The van der Waals surface area contributed by atoms with Crippen LogP contribution < -0.4 is 5.69 Å². The number of benzene rings is 1. The van der Waals surface area contributed by atoms with Gasteiger partial charge in [0, 0.05) is 0 Å². The van der Waals surface area contributed by atoms with Gasteiger partial charge in [-0.2, -0.15) is 0 Å². The summed E-state index contributed by atoms with van der Waals surface area (Å²) in [5.41, 5.74) is -0.797. The molecule has 7 nitrogen and oxygen atoms in total. The summed E-state index contributed by atoms with van der Waals surface area (Å²) in [6.07, 6.45) is 0.288. The van der Waals surface area contributed by atoms with Crippen LogP contribution in [0.25, 0.3) is 11.0 Å². The first-order valence-electron chi connectivity index (χ1n) is 6.41. The topological polar surface area (TPSA) is 109 Å². The summed E-state index contributed by atoms with van der Waals surface area (Å²) in [6.45, 7) is 1.67. The van der Waals surface area contributed by atoms with Crippen LogP contribution in [0.3, 0.4) is 0 Å². The van der Waals surface area contributed by atoms with Crippen molar-refractivity contribution in [1.82, 2.24) is 9.55 Å². The molecule has 1 aromatic carbocycles. The van der Waals surface area contributed by atoms with Crippen LogP contribution in [-0.4, -0.2) is 40.6 Å². The number of H-pyrrole nitrogens is 1. The van der Waals surface area contributed by atoms with Crippen LogP contribution >= 0.6 is 0 Å². The van der Waals surface area contributed by atoms with Gasteiger partial charge in [0.05, 0.1) is 33.6 Å². The van der Waals surface area contributed by atoms with Gasteiger partial charge in [0.1, 0.15) is 0 Å². The number of rotatable bonds is 2. The van der Waals surface area contributed by atoms with Crippen LogP contribution in [0.2, 0.25) is 0 Å². The fraction of sp³-hybridized carbons (Fsp3) is 0.385. The summed E-state index contributed by atoms with van der Waals surface area (Å²) < 4.78 is 24.8. The minimum absolute atomic E-state index is 0.00213. The number of nitrogens with zero attached hydrogens (tertiary/aromatic N) is 1. The van der Waals surface area contributed by atoms with Crippen molar-refractivity contribution in [1.29, 1.82) is 0 Å². The lowest BCUT2D eigenvalue weighted by Gasteiger charge is -2.24. The van der Waals surface area contributed by atoms with Gasteiger partial charge in [0.2, 0.25) is 0 Å². The number of carboxylic acids is 1. The molecule has 1 aliphatic rings. The van der Waals surface area contributed by atoms with Crippen molar-refractivity contribution in [3.63, 3.8) is 0 Å². The van der Waals surface area contributed by atoms with Crippen molar-refractivity contribution in [3.8, 4) is 0 Å². The number of hydrogen-bond donors (Lipinski definition) is 2. The third-order valence-electron chi connectivity index (χ3n) is 3.96. The molecule has 2 N–H and O–H groups in total. The summed E-state index contributed by atoms with van der Waals surface area (Å²) in [5.74, 6) is -1.32. The minimum atomic E-state index is -3.22. The number of sulfone groups is 1. The fourth-order valence-corrected chi connectivity index (χ4v) is 5.13. The van der Waals surface area contributed by atoms with Gasteiger partial charge >= 0.3 is 11.7 Å². The van der Waals surface area contributed by atoms with Crippen molar-refractivity contribution in [2.75, 3.05) is 11.5 Å². The van der Waals surface area contributed by atoms with E-state index in [-0.39, 0.29) is 29.0 Å². The number of carboxylic acid groups (broad SMARTS) is 1. The van der Waals surface area contributed by atoms with E-state index >= 15 is 0 Å². The predicted octanol–water partition coefficient (Wildman–Crippen LogP) is 0.562. The lowest BCUT2D eigenvalue weighted by Crippen LogP contribution is -2.38. The maximum atomic E-state index is 12.2. The van der Waals surface area contributed by atoms with Gasteiger partial charge in [-0.15, -0.1) is 0 Å². The Labute approximate surface area is 120 Å². The highest BCUT2D eigenvalue weighted by atomic mass is 32.2. The molecule has 1 fully saturated rings. The van der Waals surface area contributed by atoms with E-state index < -0.39 is 27.0 Å². The Morgan fingerprint density at radius 3 is 2.71 bits per heavy atom.